The van der Waals surface area contributed by atoms with Gasteiger partial charge in [-0.3, -0.25) is 9.59 Å². The van der Waals surface area contributed by atoms with Crippen molar-refractivity contribution < 1.29 is 23.8 Å². The van der Waals surface area contributed by atoms with Crippen LogP contribution in [-0.4, -0.2) is 56.2 Å². The molecule has 3 unspecified atom stereocenters. The van der Waals surface area contributed by atoms with Crippen molar-refractivity contribution in [1.29, 1.82) is 0 Å². The molecule has 1 saturated carbocycles. The van der Waals surface area contributed by atoms with Crippen molar-refractivity contribution in [3.63, 3.8) is 0 Å². The van der Waals surface area contributed by atoms with Gasteiger partial charge in [0.05, 0.1) is 19.3 Å². The Hall–Kier alpha value is -3.06. The van der Waals surface area contributed by atoms with Crippen molar-refractivity contribution >= 4 is 17.5 Å². The molecule has 7 nitrogen and oxygen atoms in total. The zero-order valence-electron chi connectivity index (χ0n) is 19.3. The molecule has 1 aliphatic heterocycles. The second-order valence-electron chi connectivity index (χ2n) is 8.63. The van der Waals surface area contributed by atoms with E-state index < -0.39 is 6.04 Å². The summed E-state index contributed by atoms with van der Waals surface area (Å²) < 4.78 is 16.0. The summed E-state index contributed by atoms with van der Waals surface area (Å²) in [6, 6.07) is 14.1. The lowest BCUT2D eigenvalue weighted by Gasteiger charge is -2.34. The minimum Gasteiger partial charge on any atom is -0.496 e. The van der Waals surface area contributed by atoms with E-state index in [2.05, 4.69) is 5.32 Å². The zero-order valence-corrected chi connectivity index (χ0v) is 19.3. The lowest BCUT2D eigenvalue weighted by Crippen LogP contribution is -2.47. The molecular formula is C26H32N2O5. The van der Waals surface area contributed by atoms with E-state index in [-0.39, 0.29) is 17.9 Å². The summed E-state index contributed by atoms with van der Waals surface area (Å²) in [5.74, 6) is 1.31. The Balaban J connectivity index is 1.52. The van der Waals surface area contributed by atoms with Gasteiger partial charge in [-0.05, 0) is 61.6 Å². The van der Waals surface area contributed by atoms with Crippen LogP contribution >= 0.6 is 0 Å². The molecule has 0 bridgehead atoms. The van der Waals surface area contributed by atoms with Crippen molar-refractivity contribution in [1.82, 2.24) is 4.90 Å². The Morgan fingerprint density at radius 2 is 1.76 bits per heavy atom. The summed E-state index contributed by atoms with van der Waals surface area (Å²) in [6.45, 7) is 0.978. The summed E-state index contributed by atoms with van der Waals surface area (Å²) in [7, 11) is 3.19. The van der Waals surface area contributed by atoms with Crippen LogP contribution in [0.15, 0.2) is 48.5 Å². The summed E-state index contributed by atoms with van der Waals surface area (Å²) in [5.41, 5.74) is 1.18. The van der Waals surface area contributed by atoms with Crippen LogP contribution in [0.25, 0.3) is 0 Å². The minimum absolute atomic E-state index is 0.0865. The summed E-state index contributed by atoms with van der Waals surface area (Å²) in [4.78, 5) is 28.8. The standard InChI is InChI=1S/C26H32N2O5/c1-31-15-16-33-20-13-11-19(12-14-20)27-25(29)23-17-18-7-3-5-9-22(18)28(23)26(30)21-8-4-6-10-24(21)32-2/h4,6,8,10-14,18,22-23H,3,5,7,9,15-17H2,1-2H3,(H,27,29). The molecule has 2 amide bonds. The van der Waals surface area contributed by atoms with Crippen molar-refractivity contribution in [2.24, 2.45) is 5.92 Å². The maximum Gasteiger partial charge on any atom is 0.258 e. The molecule has 7 heteroatoms. The Morgan fingerprint density at radius 1 is 1.00 bits per heavy atom. The second-order valence-corrected chi connectivity index (χ2v) is 8.63. The number of para-hydroxylation sites is 1. The Bertz CT molecular complexity index is 961. The van der Waals surface area contributed by atoms with Crippen molar-refractivity contribution in [2.45, 2.75) is 44.2 Å². The SMILES string of the molecule is COCCOc1ccc(NC(=O)C2CC3CCCCC3N2C(=O)c2ccccc2OC)cc1. The first kappa shape index (κ1) is 23.1. The molecule has 2 aromatic rings. The van der Waals surface area contributed by atoms with Crippen LogP contribution in [0.3, 0.4) is 0 Å². The van der Waals surface area contributed by atoms with Gasteiger partial charge in [-0.25, -0.2) is 0 Å². The van der Waals surface area contributed by atoms with E-state index in [1.165, 1.54) is 0 Å². The van der Waals surface area contributed by atoms with E-state index in [4.69, 9.17) is 14.2 Å². The molecule has 1 aliphatic carbocycles. The smallest absolute Gasteiger partial charge is 0.258 e. The monoisotopic (exact) mass is 452 g/mol. The van der Waals surface area contributed by atoms with Gasteiger partial charge in [0, 0.05) is 18.8 Å². The van der Waals surface area contributed by atoms with E-state index in [0.29, 0.717) is 48.3 Å². The predicted molar refractivity (Wildman–Crippen MR) is 126 cm³/mol. The van der Waals surface area contributed by atoms with Gasteiger partial charge in [0.2, 0.25) is 5.91 Å². The van der Waals surface area contributed by atoms with Gasteiger partial charge in [-0.2, -0.15) is 0 Å². The molecule has 1 saturated heterocycles. The highest BCUT2D eigenvalue weighted by atomic mass is 16.5. The van der Waals surface area contributed by atoms with Crippen molar-refractivity contribution in [3.05, 3.63) is 54.1 Å². The summed E-state index contributed by atoms with van der Waals surface area (Å²) in [6.07, 6.45) is 4.91. The van der Waals surface area contributed by atoms with E-state index in [1.807, 2.05) is 41.3 Å². The molecule has 2 aliphatic rings. The van der Waals surface area contributed by atoms with Gasteiger partial charge in [-0.1, -0.05) is 25.0 Å². The fraction of sp³-hybridized carbons (Fsp3) is 0.462. The number of fused-ring (bicyclic) bond motifs is 1. The lowest BCUT2D eigenvalue weighted by atomic mass is 9.84. The van der Waals surface area contributed by atoms with Gasteiger partial charge in [0.1, 0.15) is 24.1 Å². The fourth-order valence-electron chi connectivity index (χ4n) is 5.05. The average Bonchev–Trinajstić information content (AvgIpc) is 3.24. The number of carbonyl (C=O) groups is 2. The van der Waals surface area contributed by atoms with E-state index in [9.17, 15) is 9.59 Å². The normalized spacial score (nSPS) is 21.9. The number of nitrogens with one attached hydrogen (secondary N) is 1. The van der Waals surface area contributed by atoms with E-state index in [0.717, 1.165) is 25.7 Å². The number of anilines is 1. The maximum absolute atomic E-state index is 13.7. The Kier molecular flexibility index (Phi) is 7.50. The van der Waals surface area contributed by atoms with Gasteiger partial charge in [0.25, 0.3) is 5.91 Å². The van der Waals surface area contributed by atoms with Crippen molar-refractivity contribution in [3.8, 4) is 11.5 Å². The highest BCUT2D eigenvalue weighted by molar-refractivity contribution is 6.03. The second kappa shape index (κ2) is 10.7. The molecule has 0 spiro atoms. The number of methoxy groups -OCH3 is 2. The molecule has 33 heavy (non-hydrogen) atoms. The molecule has 0 radical (unpaired) electrons. The highest BCUT2D eigenvalue weighted by Crippen LogP contribution is 2.41. The molecule has 2 fully saturated rings. The maximum atomic E-state index is 13.7. The first-order valence-corrected chi connectivity index (χ1v) is 11.6. The summed E-state index contributed by atoms with van der Waals surface area (Å²) >= 11 is 0. The number of carbonyl (C=O) groups excluding carboxylic acids is 2. The predicted octanol–water partition coefficient (Wildman–Crippen LogP) is 4.13. The zero-order chi connectivity index (χ0) is 23.2. The third-order valence-electron chi connectivity index (χ3n) is 6.64. The number of nitrogens with zero attached hydrogens (tertiary/aromatic N) is 1. The number of hydrogen-bond donors (Lipinski definition) is 1. The van der Waals surface area contributed by atoms with Crippen LogP contribution in [0.5, 0.6) is 11.5 Å². The van der Waals surface area contributed by atoms with Crippen LogP contribution in [-0.2, 0) is 9.53 Å². The van der Waals surface area contributed by atoms with Crippen LogP contribution in [0.1, 0.15) is 42.5 Å². The number of likely N-dealkylation sites (tertiary alicyclic amines) is 1. The van der Waals surface area contributed by atoms with Crippen LogP contribution in [0.2, 0.25) is 0 Å². The first-order valence-electron chi connectivity index (χ1n) is 11.6. The third kappa shape index (κ3) is 5.14. The topological polar surface area (TPSA) is 77.1 Å². The molecule has 2 aromatic carbocycles. The van der Waals surface area contributed by atoms with E-state index in [1.54, 1.807) is 26.4 Å². The average molecular weight is 453 g/mol. The highest BCUT2D eigenvalue weighted by Gasteiger charge is 2.47. The van der Waals surface area contributed by atoms with Gasteiger partial charge < -0.3 is 24.4 Å². The number of rotatable bonds is 8. The third-order valence-corrected chi connectivity index (χ3v) is 6.64. The van der Waals surface area contributed by atoms with Crippen LogP contribution in [0, 0.1) is 5.92 Å². The largest absolute Gasteiger partial charge is 0.496 e. The molecule has 4 rings (SSSR count). The molecule has 0 aromatic heterocycles. The van der Waals surface area contributed by atoms with Crippen molar-refractivity contribution in [2.75, 3.05) is 32.8 Å². The molecular weight excluding hydrogens is 420 g/mol. The fourth-order valence-corrected chi connectivity index (χ4v) is 5.05. The summed E-state index contributed by atoms with van der Waals surface area (Å²) in [5, 5.41) is 3.01. The van der Waals surface area contributed by atoms with Crippen LogP contribution < -0.4 is 14.8 Å². The first-order chi connectivity index (χ1) is 16.1. The number of hydrogen-bond acceptors (Lipinski definition) is 5. The van der Waals surface area contributed by atoms with E-state index >= 15 is 0 Å². The van der Waals surface area contributed by atoms with Crippen LogP contribution in [0.4, 0.5) is 5.69 Å². The van der Waals surface area contributed by atoms with Gasteiger partial charge >= 0.3 is 0 Å². The number of ether oxygens (including phenoxy) is 3. The molecule has 3 atom stereocenters. The van der Waals surface area contributed by atoms with Gasteiger partial charge in [0.15, 0.2) is 0 Å². The Labute approximate surface area is 195 Å². The van der Waals surface area contributed by atoms with Gasteiger partial charge in [-0.15, -0.1) is 0 Å². The molecule has 176 valence electrons. The molecule has 1 heterocycles. The number of amides is 2. The Morgan fingerprint density at radius 3 is 2.52 bits per heavy atom. The minimum atomic E-state index is -0.506. The lowest BCUT2D eigenvalue weighted by molar-refractivity contribution is -0.120. The quantitative estimate of drug-likeness (QED) is 0.610. The molecule has 1 N–H and O–H groups in total. The number of benzene rings is 2.